The van der Waals surface area contributed by atoms with Crippen LogP contribution in [0.1, 0.15) is 74.8 Å². The summed E-state index contributed by atoms with van der Waals surface area (Å²) < 4.78 is 41.3. The summed E-state index contributed by atoms with van der Waals surface area (Å²) >= 11 is 0. The number of hydrogen-bond donors (Lipinski definition) is 0. The third-order valence-electron chi connectivity index (χ3n) is 10.6. The molecule has 0 amide bonds. The van der Waals surface area contributed by atoms with Crippen molar-refractivity contribution >= 4 is 16.6 Å². The summed E-state index contributed by atoms with van der Waals surface area (Å²) in [6.07, 6.45) is 12.2. The van der Waals surface area contributed by atoms with Crippen LogP contribution in [-0.4, -0.2) is 46.1 Å². The van der Waals surface area contributed by atoms with Crippen LogP contribution in [-0.2, 0) is 12.8 Å². The largest absolute Gasteiger partial charge is 0.441 e. The second-order valence-electron chi connectivity index (χ2n) is 14.9. The molecule has 2 aliphatic carbocycles. The lowest BCUT2D eigenvalue weighted by Gasteiger charge is -2.08. The lowest BCUT2D eigenvalue weighted by atomic mass is 10.0. The number of benzene rings is 1. The molecule has 2 atom stereocenters. The van der Waals surface area contributed by atoms with Crippen molar-refractivity contribution in [3.8, 4) is 57.3 Å². The fraction of sp³-hybridized carbons (Fsp3) is 0.277. The highest BCUT2D eigenvalue weighted by Gasteiger charge is 2.44. The monoisotopic (exact) mass is 801 g/mol. The number of nitrogens with zero attached hydrogens (tertiary/aromatic N) is 9. The van der Waals surface area contributed by atoms with Crippen molar-refractivity contribution in [2.24, 2.45) is 5.92 Å². The highest BCUT2D eigenvalue weighted by Crippen LogP contribution is 2.43. The Morgan fingerprint density at radius 3 is 2.12 bits per heavy atom. The molecule has 0 saturated heterocycles. The van der Waals surface area contributed by atoms with Gasteiger partial charge in [-0.1, -0.05) is 32.0 Å². The number of rotatable bonds is 8. The van der Waals surface area contributed by atoms with E-state index in [1.54, 1.807) is 36.8 Å². The Kier molecular flexibility index (Phi) is 11.2. The minimum absolute atomic E-state index is 0.186. The van der Waals surface area contributed by atoms with E-state index in [1.165, 1.54) is 0 Å². The van der Waals surface area contributed by atoms with Gasteiger partial charge in [-0.3, -0.25) is 4.98 Å². The predicted molar refractivity (Wildman–Crippen MR) is 223 cm³/mol. The van der Waals surface area contributed by atoms with Gasteiger partial charge in [-0.15, -0.1) is 0 Å². The highest BCUT2D eigenvalue weighted by molar-refractivity contribution is 5.87. The van der Waals surface area contributed by atoms with Gasteiger partial charge in [0.1, 0.15) is 41.0 Å². The lowest BCUT2D eigenvalue weighted by molar-refractivity contribution is 0.285. The van der Waals surface area contributed by atoms with Crippen molar-refractivity contribution < 1.29 is 17.6 Å². The Morgan fingerprint density at radius 2 is 1.47 bits per heavy atom. The van der Waals surface area contributed by atoms with E-state index < -0.39 is 11.8 Å². The van der Waals surface area contributed by atoms with E-state index in [0.717, 1.165) is 45.4 Å². The maximum atomic E-state index is 14.0. The molecule has 0 aliphatic heterocycles. The van der Waals surface area contributed by atoms with Crippen LogP contribution in [0.25, 0.3) is 61.7 Å². The number of hydrogen-bond acceptors (Lipinski definition) is 10. The standard InChI is InChI=1S/C24H19FN4O.C21H16FN5O.C2H6/c25-18-6-3-15(10-18)11-23-28-14-22(30-23)20-8-7-19(13-26)29-24(20)17-5-4-16-2-1-9-27-21(16)12-17;1-13-12-27-7-4-14(8-18(27)25-13)20-16(3-2-15(10-23)26-20)17-11-24-19(28-17)9-21(22)5-6-21;1-2/h1-2,4-5,7-9,12,14-15,18H,3,6,10-11H2;2-4,7-8,11-12H,5-6,9H2,1H3;1-2H3/t15-,18+;;/m1../s1. The maximum Gasteiger partial charge on any atom is 0.198 e. The number of oxazole rings is 2. The third-order valence-corrected chi connectivity index (χ3v) is 10.6. The van der Waals surface area contributed by atoms with Crippen LogP contribution in [0, 0.1) is 35.5 Å². The van der Waals surface area contributed by atoms with Gasteiger partial charge in [-0.25, -0.2) is 33.7 Å². The third kappa shape index (κ3) is 8.66. The minimum atomic E-state index is -1.17. The van der Waals surface area contributed by atoms with Crippen LogP contribution in [0.15, 0.2) is 107 Å². The van der Waals surface area contributed by atoms with E-state index in [4.69, 9.17) is 8.83 Å². The number of aryl methyl sites for hydroxylation is 1. The molecule has 2 aliphatic rings. The SMILES string of the molecule is CC.Cc1cn2ccc(-c3nc(C#N)ccc3-c3cnc(CC4(F)CC4)o3)cc2n1.N#Cc1ccc(-c2cnc(C[C@@H]3CC[C@H](F)C3)o2)c(-c2ccc3cccnc3c2)n1. The number of pyridine rings is 4. The van der Waals surface area contributed by atoms with E-state index in [0.29, 0.717) is 83.7 Å². The van der Waals surface area contributed by atoms with E-state index in [1.807, 2.05) is 86.1 Å². The molecule has 7 heterocycles. The fourth-order valence-corrected chi connectivity index (χ4v) is 7.43. The molecule has 0 bridgehead atoms. The van der Waals surface area contributed by atoms with Crippen LogP contribution in [0.2, 0.25) is 0 Å². The zero-order valence-corrected chi connectivity index (χ0v) is 33.4. The molecular formula is C47H41F2N9O2. The number of fused-ring (bicyclic) bond motifs is 2. The highest BCUT2D eigenvalue weighted by atomic mass is 19.1. The summed E-state index contributed by atoms with van der Waals surface area (Å²) in [7, 11) is 0. The van der Waals surface area contributed by atoms with E-state index in [9.17, 15) is 19.3 Å². The van der Waals surface area contributed by atoms with E-state index >= 15 is 0 Å². The average Bonchev–Trinajstić information content (AvgIpc) is 3.78. The summed E-state index contributed by atoms with van der Waals surface area (Å²) in [5.41, 5.74) is 6.39. The lowest BCUT2D eigenvalue weighted by Crippen LogP contribution is -2.04. The molecule has 0 radical (unpaired) electrons. The first-order valence-corrected chi connectivity index (χ1v) is 20.1. The average molecular weight is 802 g/mol. The normalized spacial score (nSPS) is 16.3. The number of halogens is 2. The molecule has 2 fully saturated rings. The summed E-state index contributed by atoms with van der Waals surface area (Å²) in [5, 5.41) is 19.6. The fourth-order valence-electron chi connectivity index (χ4n) is 7.43. The Hall–Kier alpha value is -7.12. The van der Waals surface area contributed by atoms with Crippen LogP contribution in [0.4, 0.5) is 8.78 Å². The van der Waals surface area contributed by atoms with Gasteiger partial charge in [0, 0.05) is 52.7 Å². The summed E-state index contributed by atoms with van der Waals surface area (Å²) in [5.74, 6) is 2.36. The van der Waals surface area contributed by atoms with Crippen LogP contribution in [0.3, 0.4) is 0 Å². The Morgan fingerprint density at radius 1 is 0.800 bits per heavy atom. The van der Waals surface area contributed by atoms with Crippen molar-refractivity contribution in [3.63, 3.8) is 0 Å². The van der Waals surface area contributed by atoms with Crippen molar-refractivity contribution in [2.75, 3.05) is 0 Å². The molecule has 13 heteroatoms. The van der Waals surface area contributed by atoms with Crippen molar-refractivity contribution in [1.29, 1.82) is 10.5 Å². The van der Waals surface area contributed by atoms with E-state index in [2.05, 4.69) is 42.0 Å². The zero-order valence-electron chi connectivity index (χ0n) is 33.4. The number of imidazole rings is 1. The van der Waals surface area contributed by atoms with Crippen molar-refractivity contribution in [3.05, 3.63) is 127 Å². The smallest absolute Gasteiger partial charge is 0.198 e. The van der Waals surface area contributed by atoms with Crippen LogP contribution in [0.5, 0.6) is 0 Å². The molecule has 0 spiro atoms. The number of aromatic nitrogens is 7. The molecule has 10 rings (SSSR count). The van der Waals surface area contributed by atoms with Gasteiger partial charge in [0.25, 0.3) is 0 Å². The summed E-state index contributed by atoms with van der Waals surface area (Å²) in [4.78, 5) is 26.6. The zero-order chi connectivity index (χ0) is 41.8. The first-order valence-electron chi connectivity index (χ1n) is 20.1. The molecule has 0 N–H and O–H groups in total. The van der Waals surface area contributed by atoms with Crippen LogP contribution >= 0.6 is 0 Å². The topological polar surface area (TPSA) is 156 Å². The summed E-state index contributed by atoms with van der Waals surface area (Å²) in [6, 6.07) is 24.7. The Bertz CT molecular complexity index is 2900. The first kappa shape index (κ1) is 39.7. The molecule has 7 aromatic heterocycles. The maximum absolute atomic E-state index is 14.0. The Balaban J connectivity index is 0.000000160. The van der Waals surface area contributed by atoms with E-state index in [-0.39, 0.29) is 12.3 Å². The first-order chi connectivity index (χ1) is 29.2. The minimum Gasteiger partial charge on any atom is -0.441 e. The van der Waals surface area contributed by atoms with Gasteiger partial charge in [0.2, 0.25) is 0 Å². The Labute approximate surface area is 345 Å². The van der Waals surface area contributed by atoms with Gasteiger partial charge >= 0.3 is 0 Å². The van der Waals surface area contributed by atoms with Crippen molar-refractivity contribution in [2.45, 2.75) is 77.6 Å². The predicted octanol–water partition coefficient (Wildman–Crippen LogP) is 10.8. The molecule has 60 heavy (non-hydrogen) atoms. The van der Waals surface area contributed by atoms with Gasteiger partial charge in [-0.2, -0.15) is 10.5 Å². The van der Waals surface area contributed by atoms with Gasteiger partial charge in [-0.05, 0) is 93.5 Å². The molecule has 300 valence electrons. The van der Waals surface area contributed by atoms with Gasteiger partial charge in [0.15, 0.2) is 23.3 Å². The van der Waals surface area contributed by atoms with Gasteiger partial charge in [0.05, 0.1) is 41.4 Å². The molecule has 2 saturated carbocycles. The number of alkyl halides is 2. The van der Waals surface area contributed by atoms with Crippen LogP contribution < -0.4 is 0 Å². The quantitative estimate of drug-likeness (QED) is 0.145. The summed E-state index contributed by atoms with van der Waals surface area (Å²) in [6.45, 7) is 5.93. The molecule has 11 nitrogen and oxygen atoms in total. The molecular weight excluding hydrogens is 761 g/mol. The second kappa shape index (κ2) is 17.0. The van der Waals surface area contributed by atoms with Gasteiger partial charge < -0.3 is 13.2 Å². The molecule has 8 aromatic rings. The second-order valence-corrected chi connectivity index (χ2v) is 14.9. The molecule has 1 aromatic carbocycles. The van der Waals surface area contributed by atoms with Crippen molar-refractivity contribution in [1.82, 2.24) is 34.3 Å². The number of nitriles is 2. The molecule has 0 unspecified atom stereocenters.